The predicted molar refractivity (Wildman–Crippen MR) is 93.1 cm³/mol. The van der Waals surface area contributed by atoms with Gasteiger partial charge in [-0.05, 0) is 53.9 Å². The second-order valence-electron chi connectivity index (χ2n) is 5.35. The largest absolute Gasteiger partial charge is 0.489 e. The number of hydrogen-bond donors (Lipinski definition) is 0. The zero-order chi connectivity index (χ0) is 15.9. The van der Waals surface area contributed by atoms with E-state index in [0.717, 1.165) is 29.2 Å². The SMILES string of the molecule is CCc1cccc(OCc2ccc(Oc3ccccc3)cc2)c1. The molecule has 2 heteroatoms. The van der Waals surface area contributed by atoms with E-state index in [0.29, 0.717) is 6.61 Å². The lowest BCUT2D eigenvalue weighted by Crippen LogP contribution is -1.96. The van der Waals surface area contributed by atoms with Crippen LogP contribution in [0.25, 0.3) is 0 Å². The molecule has 0 aliphatic rings. The van der Waals surface area contributed by atoms with Crippen molar-refractivity contribution in [2.45, 2.75) is 20.0 Å². The second kappa shape index (κ2) is 7.50. The first-order valence-corrected chi connectivity index (χ1v) is 7.87. The summed E-state index contributed by atoms with van der Waals surface area (Å²) in [4.78, 5) is 0. The average Bonchev–Trinajstić information content (AvgIpc) is 2.62. The first-order chi connectivity index (χ1) is 11.3. The molecule has 116 valence electrons. The van der Waals surface area contributed by atoms with E-state index in [2.05, 4.69) is 19.1 Å². The molecular weight excluding hydrogens is 284 g/mol. The quantitative estimate of drug-likeness (QED) is 0.588. The van der Waals surface area contributed by atoms with Crippen molar-refractivity contribution in [1.29, 1.82) is 0 Å². The summed E-state index contributed by atoms with van der Waals surface area (Å²) in [6, 6.07) is 26.0. The monoisotopic (exact) mass is 304 g/mol. The molecule has 0 aliphatic carbocycles. The number of para-hydroxylation sites is 1. The molecule has 0 saturated carbocycles. The Labute approximate surface area is 137 Å². The third-order valence-electron chi connectivity index (χ3n) is 3.61. The first kappa shape index (κ1) is 15.2. The fourth-order valence-corrected chi connectivity index (χ4v) is 2.30. The number of benzene rings is 3. The van der Waals surface area contributed by atoms with Crippen LogP contribution in [0.2, 0.25) is 0 Å². The van der Waals surface area contributed by atoms with Crippen LogP contribution in [-0.4, -0.2) is 0 Å². The van der Waals surface area contributed by atoms with Crippen LogP contribution in [0, 0.1) is 0 Å². The highest BCUT2D eigenvalue weighted by Crippen LogP contribution is 2.22. The molecule has 0 radical (unpaired) electrons. The maximum absolute atomic E-state index is 5.85. The van der Waals surface area contributed by atoms with Gasteiger partial charge in [-0.25, -0.2) is 0 Å². The van der Waals surface area contributed by atoms with Gasteiger partial charge in [-0.3, -0.25) is 0 Å². The van der Waals surface area contributed by atoms with E-state index in [9.17, 15) is 0 Å². The summed E-state index contributed by atoms with van der Waals surface area (Å²) in [5, 5.41) is 0. The van der Waals surface area contributed by atoms with Gasteiger partial charge in [0.1, 0.15) is 23.9 Å². The molecule has 0 atom stereocenters. The summed E-state index contributed by atoms with van der Waals surface area (Å²) in [6.07, 6.45) is 1.02. The number of hydrogen-bond acceptors (Lipinski definition) is 2. The van der Waals surface area contributed by atoms with Crippen LogP contribution in [0.3, 0.4) is 0 Å². The van der Waals surface area contributed by atoms with Gasteiger partial charge in [-0.15, -0.1) is 0 Å². The van der Waals surface area contributed by atoms with E-state index >= 15 is 0 Å². The van der Waals surface area contributed by atoms with Crippen molar-refractivity contribution in [2.24, 2.45) is 0 Å². The molecule has 0 saturated heterocycles. The Morgan fingerprint density at radius 1 is 0.652 bits per heavy atom. The van der Waals surface area contributed by atoms with Gasteiger partial charge in [0.2, 0.25) is 0 Å². The summed E-state index contributed by atoms with van der Waals surface area (Å²) in [5.41, 5.74) is 2.40. The molecule has 0 aromatic heterocycles. The Kier molecular flexibility index (Phi) is 4.95. The first-order valence-electron chi connectivity index (χ1n) is 7.87. The summed E-state index contributed by atoms with van der Waals surface area (Å²) in [7, 11) is 0. The normalized spacial score (nSPS) is 10.3. The van der Waals surface area contributed by atoms with Gasteiger partial charge in [0.25, 0.3) is 0 Å². The van der Waals surface area contributed by atoms with Crippen LogP contribution in [-0.2, 0) is 13.0 Å². The summed E-state index contributed by atoms with van der Waals surface area (Å²) >= 11 is 0. The predicted octanol–water partition coefficient (Wildman–Crippen LogP) is 5.62. The van der Waals surface area contributed by atoms with Gasteiger partial charge < -0.3 is 9.47 Å². The average molecular weight is 304 g/mol. The molecule has 0 unspecified atom stereocenters. The molecule has 3 aromatic carbocycles. The minimum atomic E-state index is 0.554. The molecule has 0 amide bonds. The van der Waals surface area contributed by atoms with Crippen LogP contribution in [0.5, 0.6) is 17.2 Å². The molecule has 0 aliphatic heterocycles. The van der Waals surface area contributed by atoms with Crippen LogP contribution in [0.4, 0.5) is 0 Å². The lowest BCUT2D eigenvalue weighted by Gasteiger charge is -2.09. The van der Waals surface area contributed by atoms with E-state index in [1.807, 2.05) is 66.7 Å². The van der Waals surface area contributed by atoms with Crippen molar-refractivity contribution >= 4 is 0 Å². The van der Waals surface area contributed by atoms with Gasteiger partial charge in [0.15, 0.2) is 0 Å². The second-order valence-corrected chi connectivity index (χ2v) is 5.35. The Bertz CT molecular complexity index is 733. The van der Waals surface area contributed by atoms with Gasteiger partial charge in [0.05, 0.1) is 0 Å². The van der Waals surface area contributed by atoms with Gasteiger partial charge in [-0.1, -0.05) is 49.4 Å². The Hall–Kier alpha value is -2.74. The third kappa shape index (κ3) is 4.36. The Morgan fingerprint density at radius 2 is 1.35 bits per heavy atom. The van der Waals surface area contributed by atoms with Crippen molar-refractivity contribution in [3.63, 3.8) is 0 Å². The zero-order valence-corrected chi connectivity index (χ0v) is 13.2. The molecular formula is C21H20O2. The highest BCUT2D eigenvalue weighted by atomic mass is 16.5. The van der Waals surface area contributed by atoms with Gasteiger partial charge in [-0.2, -0.15) is 0 Å². The highest BCUT2D eigenvalue weighted by Gasteiger charge is 2.00. The Balaban J connectivity index is 1.59. The zero-order valence-electron chi connectivity index (χ0n) is 13.2. The number of aryl methyl sites for hydroxylation is 1. The Morgan fingerprint density at radius 3 is 2.09 bits per heavy atom. The van der Waals surface area contributed by atoms with Crippen LogP contribution >= 0.6 is 0 Å². The maximum Gasteiger partial charge on any atom is 0.127 e. The topological polar surface area (TPSA) is 18.5 Å². The fraction of sp³-hybridized carbons (Fsp3) is 0.143. The van der Waals surface area contributed by atoms with Crippen molar-refractivity contribution in [2.75, 3.05) is 0 Å². The van der Waals surface area contributed by atoms with Crippen molar-refractivity contribution in [3.8, 4) is 17.2 Å². The molecule has 2 nitrogen and oxygen atoms in total. The highest BCUT2D eigenvalue weighted by molar-refractivity contribution is 5.33. The lowest BCUT2D eigenvalue weighted by atomic mass is 10.2. The summed E-state index contributed by atoms with van der Waals surface area (Å²) in [6.45, 7) is 2.70. The van der Waals surface area contributed by atoms with Gasteiger partial charge in [0, 0.05) is 0 Å². The number of rotatable bonds is 6. The van der Waals surface area contributed by atoms with Crippen molar-refractivity contribution in [3.05, 3.63) is 90.0 Å². The minimum Gasteiger partial charge on any atom is -0.489 e. The van der Waals surface area contributed by atoms with Gasteiger partial charge >= 0.3 is 0 Å². The molecule has 3 rings (SSSR count). The maximum atomic E-state index is 5.85. The molecule has 0 heterocycles. The van der Waals surface area contributed by atoms with E-state index in [1.165, 1.54) is 5.56 Å². The molecule has 0 spiro atoms. The molecule has 0 fully saturated rings. The lowest BCUT2D eigenvalue weighted by molar-refractivity contribution is 0.306. The smallest absolute Gasteiger partial charge is 0.127 e. The standard InChI is InChI=1S/C21H20O2/c1-2-17-7-6-10-21(15-17)22-16-18-11-13-20(14-12-18)23-19-8-4-3-5-9-19/h3-15H,2,16H2,1H3. The van der Waals surface area contributed by atoms with Crippen LogP contribution in [0.15, 0.2) is 78.9 Å². The van der Waals surface area contributed by atoms with E-state index in [1.54, 1.807) is 0 Å². The third-order valence-corrected chi connectivity index (χ3v) is 3.61. The van der Waals surface area contributed by atoms with Crippen LogP contribution in [0.1, 0.15) is 18.1 Å². The van der Waals surface area contributed by atoms with E-state index in [-0.39, 0.29) is 0 Å². The molecule has 23 heavy (non-hydrogen) atoms. The summed E-state index contributed by atoms with van der Waals surface area (Å²) in [5.74, 6) is 2.58. The van der Waals surface area contributed by atoms with Crippen LogP contribution < -0.4 is 9.47 Å². The fourth-order valence-electron chi connectivity index (χ4n) is 2.30. The van der Waals surface area contributed by atoms with Crippen molar-refractivity contribution < 1.29 is 9.47 Å². The molecule has 3 aromatic rings. The van der Waals surface area contributed by atoms with E-state index in [4.69, 9.17) is 9.47 Å². The minimum absolute atomic E-state index is 0.554. The van der Waals surface area contributed by atoms with E-state index < -0.39 is 0 Å². The van der Waals surface area contributed by atoms with Crippen molar-refractivity contribution in [1.82, 2.24) is 0 Å². The molecule has 0 N–H and O–H groups in total. The number of ether oxygens (including phenoxy) is 2. The molecule has 0 bridgehead atoms. The summed E-state index contributed by atoms with van der Waals surface area (Å²) < 4.78 is 11.6.